The first-order valence-electron chi connectivity index (χ1n) is 4.21. The molecular formula is C10H12ClNO. The molecule has 70 valence electrons. The van der Waals surface area contributed by atoms with Crippen LogP contribution in [0.4, 0.5) is 5.69 Å². The van der Waals surface area contributed by atoms with Gasteiger partial charge in [-0.05, 0) is 12.1 Å². The maximum Gasteiger partial charge on any atom is 0.227 e. The Hall–Kier alpha value is -1.02. The fraction of sp³-hybridized carbons (Fsp3) is 0.300. The van der Waals surface area contributed by atoms with Crippen LogP contribution in [-0.2, 0) is 4.79 Å². The molecule has 0 aliphatic heterocycles. The number of hydrogen-bond acceptors (Lipinski definition) is 1. The zero-order valence-corrected chi connectivity index (χ0v) is 8.29. The third-order valence-corrected chi connectivity index (χ3v) is 2.03. The van der Waals surface area contributed by atoms with Crippen LogP contribution in [0.25, 0.3) is 0 Å². The Morgan fingerprint density at radius 2 is 2.00 bits per heavy atom. The van der Waals surface area contributed by atoms with Crippen LogP contribution in [-0.4, -0.2) is 11.9 Å². The molecule has 1 rings (SSSR count). The minimum absolute atomic E-state index is 0.0428. The summed E-state index contributed by atoms with van der Waals surface area (Å²) in [5.74, 6) is 0.0428. The van der Waals surface area contributed by atoms with Gasteiger partial charge in [-0.2, -0.15) is 0 Å². The third kappa shape index (κ3) is 2.46. The first-order valence-corrected chi connectivity index (χ1v) is 4.74. The number of nitrogens with zero attached hydrogens (tertiary/aromatic N) is 1. The van der Waals surface area contributed by atoms with Crippen LogP contribution in [0, 0.1) is 0 Å². The number of carbonyl (C=O) groups excluding carboxylic acids is 1. The molecule has 0 bridgehead atoms. The standard InChI is InChI=1S/C10H12ClNO/c1-2-10(13)12(8-11)9-6-4-3-5-7-9/h3-7H,2,8H2,1H3. The van der Waals surface area contributed by atoms with E-state index in [2.05, 4.69) is 0 Å². The van der Waals surface area contributed by atoms with Crippen molar-refractivity contribution in [1.29, 1.82) is 0 Å². The van der Waals surface area contributed by atoms with E-state index in [0.717, 1.165) is 5.69 Å². The first kappa shape index (κ1) is 10.1. The molecule has 3 heteroatoms. The normalized spacial score (nSPS) is 9.69. The maximum absolute atomic E-state index is 11.4. The smallest absolute Gasteiger partial charge is 0.227 e. The number of alkyl halides is 1. The number of amides is 1. The Morgan fingerprint density at radius 1 is 1.38 bits per heavy atom. The molecule has 1 aromatic carbocycles. The molecular weight excluding hydrogens is 186 g/mol. The second kappa shape index (κ2) is 4.87. The Balaban J connectivity index is 2.85. The summed E-state index contributed by atoms with van der Waals surface area (Å²) in [6.45, 7) is 1.82. The fourth-order valence-corrected chi connectivity index (χ4v) is 1.35. The lowest BCUT2D eigenvalue weighted by molar-refractivity contribution is -0.118. The summed E-state index contributed by atoms with van der Waals surface area (Å²) in [5.41, 5.74) is 0.851. The Bertz CT molecular complexity index is 274. The van der Waals surface area contributed by atoms with Crippen molar-refractivity contribution in [2.75, 3.05) is 10.9 Å². The molecule has 13 heavy (non-hydrogen) atoms. The van der Waals surface area contributed by atoms with Gasteiger partial charge in [0, 0.05) is 12.1 Å². The molecule has 1 aromatic rings. The van der Waals surface area contributed by atoms with Crippen molar-refractivity contribution in [3.63, 3.8) is 0 Å². The molecule has 0 unspecified atom stereocenters. The van der Waals surface area contributed by atoms with Gasteiger partial charge in [-0.15, -0.1) is 11.6 Å². The van der Waals surface area contributed by atoms with Crippen LogP contribution in [0.15, 0.2) is 30.3 Å². The van der Waals surface area contributed by atoms with Gasteiger partial charge in [-0.3, -0.25) is 9.69 Å². The van der Waals surface area contributed by atoms with E-state index in [1.165, 1.54) is 0 Å². The van der Waals surface area contributed by atoms with E-state index < -0.39 is 0 Å². The fourth-order valence-electron chi connectivity index (χ4n) is 1.08. The van der Waals surface area contributed by atoms with Gasteiger partial charge in [0.25, 0.3) is 0 Å². The van der Waals surface area contributed by atoms with E-state index in [1.54, 1.807) is 4.90 Å². The highest BCUT2D eigenvalue weighted by molar-refractivity contribution is 6.21. The number of para-hydroxylation sites is 1. The lowest BCUT2D eigenvalue weighted by Gasteiger charge is -2.18. The third-order valence-electron chi connectivity index (χ3n) is 1.79. The molecule has 0 aliphatic rings. The van der Waals surface area contributed by atoms with Gasteiger partial charge >= 0.3 is 0 Å². The van der Waals surface area contributed by atoms with Crippen LogP contribution >= 0.6 is 11.6 Å². The highest BCUT2D eigenvalue weighted by Gasteiger charge is 2.10. The van der Waals surface area contributed by atoms with Gasteiger partial charge in [-0.1, -0.05) is 25.1 Å². The van der Waals surface area contributed by atoms with Crippen molar-refractivity contribution in [1.82, 2.24) is 0 Å². The predicted molar refractivity (Wildman–Crippen MR) is 54.9 cm³/mol. The van der Waals surface area contributed by atoms with Crippen LogP contribution in [0.1, 0.15) is 13.3 Å². The van der Waals surface area contributed by atoms with E-state index in [0.29, 0.717) is 6.42 Å². The molecule has 0 saturated heterocycles. The summed E-state index contributed by atoms with van der Waals surface area (Å²) in [4.78, 5) is 12.9. The molecule has 0 spiro atoms. The average molecular weight is 198 g/mol. The second-order valence-electron chi connectivity index (χ2n) is 2.63. The van der Waals surface area contributed by atoms with E-state index in [1.807, 2.05) is 37.3 Å². The van der Waals surface area contributed by atoms with Crippen molar-refractivity contribution < 1.29 is 4.79 Å². The highest BCUT2D eigenvalue weighted by atomic mass is 35.5. The Kier molecular flexibility index (Phi) is 3.77. The van der Waals surface area contributed by atoms with Gasteiger partial charge in [0.15, 0.2) is 0 Å². The van der Waals surface area contributed by atoms with Gasteiger partial charge < -0.3 is 0 Å². The summed E-state index contributed by atoms with van der Waals surface area (Å²) in [6, 6.07) is 9.63. The SMILES string of the molecule is CCC(=O)N(CCl)c1ccccc1. The molecule has 0 atom stereocenters. The monoisotopic (exact) mass is 197 g/mol. The maximum atomic E-state index is 11.4. The summed E-state index contributed by atoms with van der Waals surface area (Å²) >= 11 is 5.68. The molecule has 1 amide bonds. The minimum Gasteiger partial charge on any atom is -0.298 e. The molecule has 0 radical (unpaired) electrons. The van der Waals surface area contributed by atoms with E-state index >= 15 is 0 Å². The van der Waals surface area contributed by atoms with Gasteiger partial charge in [0.2, 0.25) is 5.91 Å². The minimum atomic E-state index is 0.0428. The molecule has 0 aromatic heterocycles. The number of hydrogen-bond donors (Lipinski definition) is 0. The molecule has 0 aliphatic carbocycles. The number of anilines is 1. The van der Waals surface area contributed by atoms with Crippen LogP contribution in [0.2, 0.25) is 0 Å². The summed E-state index contributed by atoms with van der Waals surface area (Å²) in [5, 5.41) is 0. The quantitative estimate of drug-likeness (QED) is 0.539. The lowest BCUT2D eigenvalue weighted by Crippen LogP contribution is -2.28. The molecule has 2 nitrogen and oxygen atoms in total. The number of rotatable bonds is 3. The van der Waals surface area contributed by atoms with E-state index in [9.17, 15) is 4.79 Å². The highest BCUT2D eigenvalue weighted by Crippen LogP contribution is 2.14. The number of halogens is 1. The number of carbonyl (C=O) groups is 1. The Morgan fingerprint density at radius 3 is 2.46 bits per heavy atom. The van der Waals surface area contributed by atoms with Gasteiger partial charge in [0.1, 0.15) is 6.00 Å². The van der Waals surface area contributed by atoms with Crippen LogP contribution < -0.4 is 4.90 Å². The van der Waals surface area contributed by atoms with Crippen LogP contribution in [0.3, 0.4) is 0 Å². The summed E-state index contributed by atoms with van der Waals surface area (Å²) in [7, 11) is 0. The lowest BCUT2D eigenvalue weighted by atomic mass is 10.3. The van der Waals surface area contributed by atoms with Crippen molar-refractivity contribution in [3.05, 3.63) is 30.3 Å². The molecule has 0 N–H and O–H groups in total. The second-order valence-corrected chi connectivity index (χ2v) is 2.87. The van der Waals surface area contributed by atoms with Gasteiger partial charge in [-0.25, -0.2) is 0 Å². The summed E-state index contributed by atoms with van der Waals surface area (Å²) in [6.07, 6.45) is 0.474. The first-order chi connectivity index (χ1) is 6.29. The van der Waals surface area contributed by atoms with Gasteiger partial charge in [0.05, 0.1) is 0 Å². The molecule has 0 heterocycles. The topological polar surface area (TPSA) is 20.3 Å². The van der Waals surface area contributed by atoms with E-state index in [-0.39, 0.29) is 11.9 Å². The van der Waals surface area contributed by atoms with E-state index in [4.69, 9.17) is 11.6 Å². The van der Waals surface area contributed by atoms with Crippen LogP contribution in [0.5, 0.6) is 0 Å². The largest absolute Gasteiger partial charge is 0.298 e. The average Bonchev–Trinajstić information content (AvgIpc) is 2.20. The van der Waals surface area contributed by atoms with Crippen molar-refractivity contribution >= 4 is 23.2 Å². The predicted octanol–water partition coefficient (Wildman–Crippen LogP) is 2.63. The summed E-state index contributed by atoms with van der Waals surface area (Å²) < 4.78 is 0. The Labute approximate surface area is 83.1 Å². The van der Waals surface area contributed by atoms with Crippen molar-refractivity contribution in [3.8, 4) is 0 Å². The molecule has 0 fully saturated rings. The number of benzene rings is 1. The zero-order valence-electron chi connectivity index (χ0n) is 7.53. The molecule has 0 saturated carbocycles. The van der Waals surface area contributed by atoms with Crippen molar-refractivity contribution in [2.45, 2.75) is 13.3 Å². The zero-order chi connectivity index (χ0) is 9.68. The van der Waals surface area contributed by atoms with Crippen molar-refractivity contribution in [2.24, 2.45) is 0 Å².